The van der Waals surface area contributed by atoms with Gasteiger partial charge in [0.05, 0.1) is 6.10 Å². The van der Waals surface area contributed by atoms with Crippen LogP contribution in [0.15, 0.2) is 24.3 Å². The van der Waals surface area contributed by atoms with Crippen LogP contribution in [-0.2, 0) is 6.42 Å². The predicted octanol–water partition coefficient (Wildman–Crippen LogP) is 4.61. The number of rotatable bonds is 10. The molecule has 1 rings (SSSR count). The minimum atomic E-state index is -0.424. The molecule has 1 atom stereocenters. The molecule has 0 spiro atoms. The fourth-order valence-electron chi connectivity index (χ4n) is 3.31. The number of aryl methyl sites for hydroxylation is 1. The highest BCUT2D eigenvalue weighted by molar-refractivity contribution is 5.25. The lowest BCUT2D eigenvalue weighted by Gasteiger charge is -2.29. The highest BCUT2D eigenvalue weighted by Gasteiger charge is 2.21. The fraction of sp³-hybridized carbons (Fsp3) is 0.684. The molecule has 0 amide bonds. The normalized spacial score (nSPS) is 13.4. The minimum Gasteiger partial charge on any atom is -0.388 e. The van der Waals surface area contributed by atoms with Gasteiger partial charge in [-0.25, -0.2) is 0 Å². The topological polar surface area (TPSA) is 46.2 Å². The molecule has 0 saturated carbocycles. The summed E-state index contributed by atoms with van der Waals surface area (Å²) in [5.41, 5.74) is 8.32. The molecule has 0 aliphatic rings. The highest BCUT2D eigenvalue weighted by Crippen LogP contribution is 2.34. The van der Waals surface area contributed by atoms with Crippen molar-refractivity contribution in [1.82, 2.24) is 0 Å². The number of aliphatic hydroxyl groups is 1. The number of aliphatic hydroxyl groups excluding tert-OH is 1. The number of benzene rings is 1. The fourth-order valence-corrected chi connectivity index (χ4v) is 3.31. The molecule has 0 aliphatic heterocycles. The van der Waals surface area contributed by atoms with Gasteiger partial charge in [0.2, 0.25) is 0 Å². The Morgan fingerprint density at radius 2 is 1.81 bits per heavy atom. The smallest absolute Gasteiger partial charge is 0.0802 e. The Kier molecular flexibility index (Phi) is 7.98. The van der Waals surface area contributed by atoms with Gasteiger partial charge in [0.1, 0.15) is 0 Å². The molecule has 2 nitrogen and oxygen atoms in total. The van der Waals surface area contributed by atoms with E-state index in [0.29, 0.717) is 18.4 Å². The van der Waals surface area contributed by atoms with E-state index in [1.54, 1.807) is 0 Å². The van der Waals surface area contributed by atoms with Crippen molar-refractivity contribution in [1.29, 1.82) is 0 Å². The third-order valence-electron chi connectivity index (χ3n) is 4.50. The second-order valence-corrected chi connectivity index (χ2v) is 6.65. The van der Waals surface area contributed by atoms with E-state index in [1.807, 2.05) is 6.07 Å². The largest absolute Gasteiger partial charge is 0.388 e. The zero-order chi connectivity index (χ0) is 15.7. The summed E-state index contributed by atoms with van der Waals surface area (Å²) in [6, 6.07) is 8.39. The van der Waals surface area contributed by atoms with E-state index in [2.05, 4.69) is 39.0 Å². The summed E-state index contributed by atoms with van der Waals surface area (Å²) < 4.78 is 0. The van der Waals surface area contributed by atoms with E-state index in [0.717, 1.165) is 12.0 Å². The molecule has 2 heteroatoms. The maximum atomic E-state index is 10.1. The van der Waals surface area contributed by atoms with Gasteiger partial charge in [-0.05, 0) is 55.2 Å². The zero-order valence-electron chi connectivity index (χ0n) is 14.1. The van der Waals surface area contributed by atoms with E-state index in [9.17, 15) is 5.11 Å². The first-order valence-corrected chi connectivity index (χ1v) is 8.51. The van der Waals surface area contributed by atoms with Crippen molar-refractivity contribution in [3.8, 4) is 0 Å². The molecule has 0 saturated heterocycles. The first-order valence-electron chi connectivity index (χ1n) is 8.51. The molecule has 3 N–H and O–H groups in total. The highest BCUT2D eigenvalue weighted by atomic mass is 16.3. The average Bonchev–Trinajstić information content (AvgIpc) is 2.46. The van der Waals surface area contributed by atoms with Crippen molar-refractivity contribution in [3.63, 3.8) is 0 Å². The Bertz CT molecular complexity index is 396. The average molecular weight is 291 g/mol. The molecule has 1 aromatic carbocycles. The zero-order valence-corrected chi connectivity index (χ0v) is 14.1. The van der Waals surface area contributed by atoms with Gasteiger partial charge in [-0.15, -0.1) is 0 Å². The van der Waals surface area contributed by atoms with Crippen LogP contribution in [0.3, 0.4) is 0 Å². The van der Waals surface area contributed by atoms with Crippen molar-refractivity contribution < 1.29 is 5.11 Å². The van der Waals surface area contributed by atoms with Gasteiger partial charge in [-0.2, -0.15) is 0 Å². The lowest BCUT2D eigenvalue weighted by Crippen LogP contribution is -2.17. The molecule has 0 fully saturated rings. The Morgan fingerprint density at radius 3 is 2.38 bits per heavy atom. The van der Waals surface area contributed by atoms with E-state index in [-0.39, 0.29) is 0 Å². The quantitative estimate of drug-likeness (QED) is 0.661. The van der Waals surface area contributed by atoms with E-state index in [4.69, 9.17) is 5.73 Å². The van der Waals surface area contributed by atoms with E-state index >= 15 is 0 Å². The van der Waals surface area contributed by atoms with Crippen molar-refractivity contribution in [2.75, 3.05) is 6.54 Å². The number of hydrogen-bond acceptors (Lipinski definition) is 2. The predicted molar refractivity (Wildman–Crippen MR) is 91.3 cm³/mol. The van der Waals surface area contributed by atoms with Gasteiger partial charge in [-0.3, -0.25) is 0 Å². The van der Waals surface area contributed by atoms with Crippen LogP contribution in [0.5, 0.6) is 0 Å². The lowest BCUT2D eigenvalue weighted by molar-refractivity contribution is 0.170. The molecule has 0 aliphatic carbocycles. The monoisotopic (exact) mass is 291 g/mol. The Balaban J connectivity index is 2.67. The molecule has 1 aromatic rings. The molecule has 0 heterocycles. The number of nitrogens with two attached hydrogens (primary N) is 1. The van der Waals surface area contributed by atoms with Crippen LogP contribution in [0.1, 0.15) is 76.5 Å². The first kappa shape index (κ1) is 18.2. The van der Waals surface area contributed by atoms with Gasteiger partial charge >= 0.3 is 0 Å². The van der Waals surface area contributed by atoms with Gasteiger partial charge in [0.25, 0.3) is 0 Å². The third-order valence-corrected chi connectivity index (χ3v) is 4.50. The van der Waals surface area contributed by atoms with Crippen molar-refractivity contribution in [2.24, 2.45) is 11.1 Å². The van der Waals surface area contributed by atoms with Gasteiger partial charge in [0, 0.05) is 0 Å². The second kappa shape index (κ2) is 9.22. The third kappa shape index (κ3) is 6.19. The molecular weight excluding hydrogens is 258 g/mol. The second-order valence-electron chi connectivity index (χ2n) is 6.65. The van der Waals surface area contributed by atoms with E-state index < -0.39 is 6.10 Å². The van der Waals surface area contributed by atoms with Gasteiger partial charge < -0.3 is 10.8 Å². The Hall–Kier alpha value is -0.860. The van der Waals surface area contributed by atoms with Crippen LogP contribution in [0.4, 0.5) is 0 Å². The minimum absolute atomic E-state index is 0.424. The molecule has 0 radical (unpaired) electrons. The summed E-state index contributed by atoms with van der Waals surface area (Å²) in [5, 5.41) is 10.1. The first-order chi connectivity index (χ1) is 10.0. The van der Waals surface area contributed by atoms with Crippen LogP contribution in [0, 0.1) is 5.41 Å². The van der Waals surface area contributed by atoms with Crippen molar-refractivity contribution in [2.45, 2.75) is 71.8 Å². The van der Waals surface area contributed by atoms with Crippen LogP contribution < -0.4 is 5.73 Å². The number of hydrogen-bond donors (Lipinski definition) is 2. The lowest BCUT2D eigenvalue weighted by atomic mass is 9.76. The van der Waals surface area contributed by atoms with Crippen molar-refractivity contribution >= 4 is 0 Å². The molecule has 0 bridgehead atoms. The van der Waals surface area contributed by atoms with Crippen LogP contribution >= 0.6 is 0 Å². The maximum Gasteiger partial charge on any atom is 0.0802 e. The molecular formula is C19H33NO. The Labute approximate surface area is 130 Å². The summed E-state index contributed by atoms with van der Waals surface area (Å²) >= 11 is 0. The van der Waals surface area contributed by atoms with Gasteiger partial charge in [0.15, 0.2) is 0 Å². The summed E-state index contributed by atoms with van der Waals surface area (Å²) in [6.45, 7) is 7.50. The van der Waals surface area contributed by atoms with E-state index in [1.165, 1.54) is 37.7 Å². The maximum absolute atomic E-state index is 10.1. The molecule has 21 heavy (non-hydrogen) atoms. The SMILES string of the molecule is CCCC(C)(CCC)CCc1cccc(C(O)CCN)c1. The van der Waals surface area contributed by atoms with Crippen LogP contribution in [0.2, 0.25) is 0 Å². The van der Waals surface area contributed by atoms with Crippen molar-refractivity contribution in [3.05, 3.63) is 35.4 Å². The standard InChI is InChI=1S/C19H33NO/c1-4-11-19(3,12-5-2)13-9-16-7-6-8-17(15-16)18(21)10-14-20/h6-8,15,18,21H,4-5,9-14,20H2,1-3H3. The van der Waals surface area contributed by atoms with Gasteiger partial charge in [-0.1, -0.05) is 57.9 Å². The summed E-state index contributed by atoms with van der Waals surface area (Å²) in [6.07, 6.45) is 7.65. The summed E-state index contributed by atoms with van der Waals surface area (Å²) in [4.78, 5) is 0. The summed E-state index contributed by atoms with van der Waals surface area (Å²) in [7, 11) is 0. The van der Waals surface area contributed by atoms with Crippen LogP contribution in [0.25, 0.3) is 0 Å². The summed E-state index contributed by atoms with van der Waals surface area (Å²) in [5.74, 6) is 0. The molecule has 120 valence electrons. The molecule has 0 aromatic heterocycles. The van der Waals surface area contributed by atoms with Crippen LogP contribution in [-0.4, -0.2) is 11.7 Å². The Morgan fingerprint density at radius 1 is 1.14 bits per heavy atom. The molecule has 1 unspecified atom stereocenters.